The van der Waals surface area contributed by atoms with Crippen LogP contribution in [0.5, 0.6) is 0 Å². The van der Waals surface area contributed by atoms with Gasteiger partial charge >= 0.3 is 0 Å². The van der Waals surface area contributed by atoms with Gasteiger partial charge in [-0.15, -0.1) is 0 Å². The summed E-state index contributed by atoms with van der Waals surface area (Å²) < 4.78 is 0. The average Bonchev–Trinajstić information content (AvgIpc) is 2.08. The molecule has 0 aromatic heterocycles. The van der Waals surface area contributed by atoms with Gasteiger partial charge in [-0.3, -0.25) is 0 Å². The second-order valence-corrected chi connectivity index (χ2v) is 3.63. The quantitative estimate of drug-likeness (QED) is 0.465. The van der Waals surface area contributed by atoms with Crippen molar-refractivity contribution in [2.45, 2.75) is 26.2 Å². The molecule has 0 heteroatoms. The van der Waals surface area contributed by atoms with Crippen molar-refractivity contribution >= 4 is 0 Å². The summed E-state index contributed by atoms with van der Waals surface area (Å²) >= 11 is 0. The molecular weight excluding hydrogens is 84.1 g/mol. The molecule has 3 rings (SSSR count). The molecule has 0 radical (unpaired) electrons. The molecule has 7 heavy (non-hydrogen) atoms. The molecule has 0 saturated heterocycles. The molecule has 0 nitrogen and oxygen atoms in total. The van der Waals surface area contributed by atoms with Gasteiger partial charge < -0.3 is 0 Å². The first-order valence-corrected chi connectivity index (χ1v) is 3.36. The van der Waals surface area contributed by atoms with E-state index in [0.717, 1.165) is 10.8 Å². The van der Waals surface area contributed by atoms with Gasteiger partial charge in [-0.05, 0) is 29.6 Å². The third kappa shape index (κ3) is 0.114. The topological polar surface area (TPSA) is 0 Å². The molecule has 38 valence electrons. The monoisotopic (exact) mass is 94.1 g/mol. The summed E-state index contributed by atoms with van der Waals surface area (Å²) in [7, 11) is 0. The Balaban J connectivity index is 1.96. The molecule has 0 aromatic carbocycles. The highest BCUT2D eigenvalue weighted by Gasteiger charge is 3.03. The van der Waals surface area contributed by atoms with Crippen molar-refractivity contribution in [3.8, 4) is 0 Å². The van der Waals surface area contributed by atoms with Crippen LogP contribution < -0.4 is 0 Å². The van der Waals surface area contributed by atoms with Crippen LogP contribution in [0.25, 0.3) is 0 Å². The van der Waals surface area contributed by atoms with Crippen LogP contribution in [0.3, 0.4) is 0 Å². The van der Waals surface area contributed by atoms with Crippen LogP contribution >= 0.6 is 0 Å². The highest BCUT2D eigenvalue weighted by Crippen LogP contribution is 3.10. The Morgan fingerprint density at radius 1 is 1.43 bits per heavy atom. The van der Waals surface area contributed by atoms with Crippen molar-refractivity contribution in [2.24, 2.45) is 16.7 Å². The second-order valence-electron chi connectivity index (χ2n) is 3.63. The Kier molecular flexibility index (Phi) is 0.206. The molecule has 0 amide bonds. The van der Waals surface area contributed by atoms with Gasteiger partial charge in [0.2, 0.25) is 0 Å². The zero-order chi connectivity index (χ0) is 4.70. The van der Waals surface area contributed by atoms with E-state index in [1.807, 2.05) is 0 Å². The Morgan fingerprint density at radius 2 is 2.00 bits per heavy atom. The van der Waals surface area contributed by atoms with E-state index in [1.165, 1.54) is 12.3 Å². The number of hydrogen-bond donors (Lipinski definition) is 0. The predicted octanol–water partition coefficient (Wildman–Crippen LogP) is 1.81. The lowest BCUT2D eigenvalue weighted by Crippen LogP contribution is -2.09. The van der Waals surface area contributed by atoms with Gasteiger partial charge in [0.1, 0.15) is 0 Å². The summed E-state index contributed by atoms with van der Waals surface area (Å²) in [5.41, 5.74) is 2.06. The fourth-order valence-corrected chi connectivity index (χ4v) is 2.84. The summed E-state index contributed by atoms with van der Waals surface area (Å²) in [6, 6.07) is 0. The van der Waals surface area contributed by atoms with Crippen LogP contribution in [0.4, 0.5) is 0 Å². The minimum Gasteiger partial charge on any atom is -0.0651 e. The first kappa shape index (κ1) is 3.11. The molecule has 0 aliphatic heterocycles. The molecule has 3 saturated carbocycles. The van der Waals surface area contributed by atoms with Crippen LogP contribution in [0.1, 0.15) is 26.2 Å². The van der Waals surface area contributed by atoms with Gasteiger partial charge in [0, 0.05) is 0 Å². The smallest absolute Gasteiger partial charge is 0.0193 e. The predicted molar refractivity (Wildman–Crippen MR) is 27.9 cm³/mol. The van der Waals surface area contributed by atoms with Crippen LogP contribution in [-0.4, -0.2) is 0 Å². The summed E-state index contributed by atoms with van der Waals surface area (Å²) in [4.78, 5) is 0. The maximum absolute atomic E-state index is 2.33. The first-order chi connectivity index (χ1) is 3.36. The lowest BCUT2D eigenvalue weighted by atomic mass is 9.86. The summed E-state index contributed by atoms with van der Waals surface area (Å²) in [6.07, 6.45) is 4.72. The van der Waals surface area contributed by atoms with Crippen molar-refractivity contribution in [3.05, 3.63) is 0 Å². The molecule has 3 fully saturated rings. The van der Waals surface area contributed by atoms with Gasteiger partial charge in [-0.25, -0.2) is 0 Å². The number of rotatable bonds is 1. The van der Waals surface area contributed by atoms with E-state index < -0.39 is 0 Å². The van der Waals surface area contributed by atoms with Crippen LogP contribution in [0.15, 0.2) is 0 Å². The maximum Gasteiger partial charge on any atom is -0.0193 e. The van der Waals surface area contributed by atoms with E-state index in [-0.39, 0.29) is 0 Å². The third-order valence-corrected chi connectivity index (χ3v) is 3.66. The van der Waals surface area contributed by atoms with Crippen molar-refractivity contribution < 1.29 is 0 Å². The zero-order valence-electron chi connectivity index (χ0n) is 4.70. The van der Waals surface area contributed by atoms with Crippen LogP contribution in [-0.2, 0) is 0 Å². The fraction of sp³-hybridized carbons (Fsp3) is 1.00. The van der Waals surface area contributed by atoms with Crippen molar-refractivity contribution in [2.75, 3.05) is 0 Å². The molecule has 0 heterocycles. The van der Waals surface area contributed by atoms with Gasteiger partial charge in [0.15, 0.2) is 0 Å². The van der Waals surface area contributed by atoms with Gasteiger partial charge in [-0.1, -0.05) is 13.3 Å². The molecular formula is C7H10. The van der Waals surface area contributed by atoms with Crippen molar-refractivity contribution in [3.63, 3.8) is 0 Å². The summed E-state index contributed by atoms with van der Waals surface area (Å²) in [6.45, 7) is 2.33. The van der Waals surface area contributed by atoms with E-state index in [1.54, 1.807) is 12.8 Å². The average molecular weight is 94.2 g/mol. The standard InChI is InChI=1S/C7H10/c1-2-5-6-3-7(5,6)4-6/h5H,2-4H2,1H3. The summed E-state index contributed by atoms with van der Waals surface area (Å²) in [5.74, 6) is 1.22. The Labute approximate surface area is 43.9 Å². The van der Waals surface area contributed by atoms with Crippen LogP contribution in [0.2, 0.25) is 0 Å². The van der Waals surface area contributed by atoms with E-state index in [9.17, 15) is 0 Å². The zero-order valence-corrected chi connectivity index (χ0v) is 4.70. The van der Waals surface area contributed by atoms with Crippen LogP contribution in [0, 0.1) is 16.7 Å². The second kappa shape index (κ2) is 0.463. The SMILES string of the molecule is CCC1C23CC12C3. The van der Waals surface area contributed by atoms with E-state index in [0.29, 0.717) is 0 Å². The van der Waals surface area contributed by atoms with Gasteiger partial charge in [0.25, 0.3) is 0 Å². The minimum atomic E-state index is 1.03. The van der Waals surface area contributed by atoms with Crippen molar-refractivity contribution in [1.82, 2.24) is 0 Å². The van der Waals surface area contributed by atoms with E-state index >= 15 is 0 Å². The Hall–Kier alpha value is 0. The maximum atomic E-state index is 2.33. The number of hydrogen-bond acceptors (Lipinski definition) is 0. The summed E-state index contributed by atoms with van der Waals surface area (Å²) in [5, 5.41) is 0. The molecule has 3 aliphatic carbocycles. The molecule has 0 bridgehead atoms. The molecule has 0 N–H and O–H groups in total. The van der Waals surface area contributed by atoms with E-state index in [2.05, 4.69) is 6.92 Å². The lowest BCUT2D eigenvalue weighted by molar-refractivity contribution is 0.313. The third-order valence-electron chi connectivity index (χ3n) is 3.66. The van der Waals surface area contributed by atoms with E-state index in [4.69, 9.17) is 0 Å². The molecule has 0 atom stereocenters. The molecule has 0 spiro atoms. The minimum absolute atomic E-state index is 1.03. The fourth-order valence-electron chi connectivity index (χ4n) is 2.84. The highest BCUT2D eigenvalue weighted by atomic mass is 15.1. The Bertz CT molecular complexity index is 126. The largest absolute Gasteiger partial charge is 0.0651 e. The lowest BCUT2D eigenvalue weighted by Gasteiger charge is -2.18. The van der Waals surface area contributed by atoms with Gasteiger partial charge in [0.05, 0.1) is 0 Å². The molecule has 3 aliphatic rings. The highest BCUT2D eigenvalue weighted by molar-refractivity contribution is 5.51. The van der Waals surface area contributed by atoms with Crippen molar-refractivity contribution in [1.29, 1.82) is 0 Å². The first-order valence-electron chi connectivity index (χ1n) is 3.36. The van der Waals surface area contributed by atoms with Gasteiger partial charge in [-0.2, -0.15) is 0 Å². The molecule has 0 unspecified atom stereocenters. The molecule has 0 aromatic rings. The normalized spacial score (nSPS) is 79.3. The Morgan fingerprint density at radius 3 is 2.00 bits per heavy atom.